The van der Waals surface area contributed by atoms with Crippen molar-refractivity contribution in [3.05, 3.63) is 38.3 Å². The normalized spacial score (nSPS) is 13.8. The first-order chi connectivity index (χ1) is 12.1. The topological polar surface area (TPSA) is 91.7 Å². The Hall–Kier alpha value is -2.20. The minimum absolute atomic E-state index is 0.0100. The summed E-state index contributed by atoms with van der Waals surface area (Å²) in [6.07, 6.45) is 7.44. The van der Waals surface area contributed by atoms with Crippen molar-refractivity contribution in [2.45, 2.75) is 36.7 Å². The number of aromatic nitrogens is 5. The SMILES string of the molecule is Cn1c(SCn2cc([N+](=O)[O-])cn2)nnc1-c1csc2c1CCCC2. The molecule has 3 heterocycles. The molecule has 4 rings (SSSR count). The van der Waals surface area contributed by atoms with Crippen molar-refractivity contribution < 1.29 is 4.92 Å². The Labute approximate surface area is 152 Å². The van der Waals surface area contributed by atoms with E-state index in [1.165, 1.54) is 57.7 Å². The average molecular weight is 376 g/mol. The van der Waals surface area contributed by atoms with E-state index < -0.39 is 4.92 Å². The summed E-state index contributed by atoms with van der Waals surface area (Å²) in [5, 5.41) is 26.3. The van der Waals surface area contributed by atoms with Crippen LogP contribution in [0.5, 0.6) is 0 Å². The highest BCUT2D eigenvalue weighted by molar-refractivity contribution is 7.98. The largest absolute Gasteiger partial charge is 0.307 e. The maximum Gasteiger partial charge on any atom is 0.307 e. The molecular formula is C15H16N6O2S2. The molecule has 0 radical (unpaired) electrons. The molecule has 0 unspecified atom stereocenters. The summed E-state index contributed by atoms with van der Waals surface area (Å²) >= 11 is 3.27. The van der Waals surface area contributed by atoms with Crippen molar-refractivity contribution >= 4 is 28.8 Å². The zero-order valence-electron chi connectivity index (χ0n) is 13.6. The molecule has 0 amide bonds. The van der Waals surface area contributed by atoms with Crippen LogP contribution in [0.1, 0.15) is 23.3 Å². The number of hydrogen-bond donors (Lipinski definition) is 0. The van der Waals surface area contributed by atoms with E-state index in [2.05, 4.69) is 20.7 Å². The number of nitrogens with zero attached hydrogens (tertiary/aromatic N) is 6. The fourth-order valence-electron chi connectivity index (χ4n) is 3.00. The van der Waals surface area contributed by atoms with E-state index in [9.17, 15) is 10.1 Å². The molecule has 3 aromatic rings. The molecule has 0 N–H and O–H groups in total. The van der Waals surface area contributed by atoms with Gasteiger partial charge in [-0.05, 0) is 31.2 Å². The number of thiophene rings is 1. The molecule has 0 fully saturated rings. The predicted molar refractivity (Wildman–Crippen MR) is 95.7 cm³/mol. The van der Waals surface area contributed by atoms with E-state index in [1.807, 2.05) is 23.0 Å². The van der Waals surface area contributed by atoms with Crippen LogP contribution in [0.2, 0.25) is 0 Å². The van der Waals surface area contributed by atoms with Crippen molar-refractivity contribution in [1.82, 2.24) is 24.5 Å². The first-order valence-electron chi connectivity index (χ1n) is 7.92. The van der Waals surface area contributed by atoms with Crippen molar-refractivity contribution in [3.63, 3.8) is 0 Å². The molecule has 3 aromatic heterocycles. The third-order valence-electron chi connectivity index (χ3n) is 4.29. The first kappa shape index (κ1) is 16.3. The van der Waals surface area contributed by atoms with E-state index in [1.54, 1.807) is 0 Å². The summed E-state index contributed by atoms with van der Waals surface area (Å²) in [5.41, 5.74) is 2.60. The number of rotatable bonds is 5. The summed E-state index contributed by atoms with van der Waals surface area (Å²) in [5.74, 6) is 1.33. The zero-order valence-corrected chi connectivity index (χ0v) is 15.2. The molecule has 0 aromatic carbocycles. The lowest BCUT2D eigenvalue weighted by atomic mass is 9.96. The second-order valence-electron chi connectivity index (χ2n) is 5.89. The molecule has 0 saturated heterocycles. The van der Waals surface area contributed by atoms with Gasteiger partial charge in [0.05, 0.1) is 10.8 Å². The molecule has 1 aliphatic carbocycles. The highest BCUT2D eigenvalue weighted by Crippen LogP contribution is 2.36. The van der Waals surface area contributed by atoms with Gasteiger partial charge in [-0.3, -0.25) is 14.8 Å². The minimum atomic E-state index is -0.450. The van der Waals surface area contributed by atoms with Gasteiger partial charge in [-0.1, -0.05) is 11.8 Å². The number of aryl methyl sites for hydroxylation is 1. The number of thioether (sulfide) groups is 1. The summed E-state index contributed by atoms with van der Waals surface area (Å²) in [7, 11) is 1.95. The molecule has 1 aliphatic rings. The molecule has 0 bridgehead atoms. The Bertz CT molecular complexity index is 928. The van der Waals surface area contributed by atoms with Crippen LogP contribution < -0.4 is 0 Å². The Morgan fingerprint density at radius 1 is 1.36 bits per heavy atom. The van der Waals surface area contributed by atoms with Gasteiger partial charge in [0.1, 0.15) is 12.4 Å². The third kappa shape index (κ3) is 3.07. The van der Waals surface area contributed by atoms with Gasteiger partial charge < -0.3 is 4.57 Å². The lowest BCUT2D eigenvalue weighted by Gasteiger charge is -2.12. The Balaban J connectivity index is 1.53. The van der Waals surface area contributed by atoms with E-state index >= 15 is 0 Å². The molecular weight excluding hydrogens is 360 g/mol. The summed E-state index contributed by atoms with van der Waals surface area (Å²) in [4.78, 5) is 11.7. The maximum atomic E-state index is 10.7. The van der Waals surface area contributed by atoms with E-state index in [0.29, 0.717) is 5.88 Å². The first-order valence-corrected chi connectivity index (χ1v) is 9.78. The summed E-state index contributed by atoms with van der Waals surface area (Å²) < 4.78 is 3.52. The average Bonchev–Trinajstić information content (AvgIpc) is 3.31. The second-order valence-corrected chi connectivity index (χ2v) is 7.77. The van der Waals surface area contributed by atoms with Crippen LogP contribution in [0, 0.1) is 10.1 Å². The van der Waals surface area contributed by atoms with Gasteiger partial charge in [-0.15, -0.1) is 21.5 Å². The summed E-state index contributed by atoms with van der Waals surface area (Å²) in [6.45, 7) is 0. The van der Waals surface area contributed by atoms with Crippen molar-refractivity contribution in [2.24, 2.45) is 7.05 Å². The Morgan fingerprint density at radius 2 is 2.20 bits per heavy atom. The number of hydrogen-bond acceptors (Lipinski definition) is 7. The van der Waals surface area contributed by atoms with Crippen LogP contribution >= 0.6 is 23.1 Å². The monoisotopic (exact) mass is 376 g/mol. The van der Waals surface area contributed by atoms with E-state index in [4.69, 9.17) is 0 Å². The minimum Gasteiger partial charge on any atom is -0.305 e. The van der Waals surface area contributed by atoms with E-state index in [-0.39, 0.29) is 5.69 Å². The van der Waals surface area contributed by atoms with Crippen molar-refractivity contribution in [2.75, 3.05) is 0 Å². The van der Waals surface area contributed by atoms with Crippen molar-refractivity contribution in [1.29, 1.82) is 0 Å². The molecule has 0 atom stereocenters. The highest BCUT2D eigenvalue weighted by Gasteiger charge is 2.21. The second kappa shape index (κ2) is 6.60. The van der Waals surface area contributed by atoms with Gasteiger partial charge in [0, 0.05) is 22.9 Å². The fraction of sp³-hybridized carbons (Fsp3) is 0.400. The molecule has 10 heteroatoms. The van der Waals surface area contributed by atoms with Gasteiger partial charge in [0.2, 0.25) is 0 Å². The standard InChI is InChI=1S/C15H16N6O2S2/c1-19-14(12-8-24-13-5-3-2-4-11(12)13)17-18-15(19)25-9-20-7-10(6-16-20)21(22)23/h6-8H,2-5,9H2,1H3. The molecule has 0 aliphatic heterocycles. The van der Waals surface area contributed by atoms with E-state index in [0.717, 1.165) is 23.8 Å². The fourth-order valence-corrected chi connectivity index (χ4v) is 4.89. The van der Waals surface area contributed by atoms with Crippen LogP contribution in [-0.4, -0.2) is 29.5 Å². The van der Waals surface area contributed by atoms with Crippen LogP contribution in [-0.2, 0) is 25.8 Å². The highest BCUT2D eigenvalue weighted by atomic mass is 32.2. The van der Waals surface area contributed by atoms with Crippen LogP contribution in [0.25, 0.3) is 11.4 Å². The van der Waals surface area contributed by atoms with Crippen molar-refractivity contribution in [3.8, 4) is 11.4 Å². The zero-order chi connectivity index (χ0) is 17.4. The lowest BCUT2D eigenvalue weighted by molar-refractivity contribution is -0.385. The molecule has 0 saturated carbocycles. The third-order valence-corrected chi connectivity index (χ3v) is 6.39. The number of fused-ring (bicyclic) bond motifs is 1. The van der Waals surface area contributed by atoms with Gasteiger partial charge in [0.15, 0.2) is 11.0 Å². The van der Waals surface area contributed by atoms with Gasteiger partial charge in [0.25, 0.3) is 0 Å². The van der Waals surface area contributed by atoms with Gasteiger partial charge in [-0.25, -0.2) is 0 Å². The molecule has 8 nitrogen and oxygen atoms in total. The maximum absolute atomic E-state index is 10.7. The lowest BCUT2D eigenvalue weighted by Crippen LogP contribution is -2.02. The van der Waals surface area contributed by atoms with Gasteiger partial charge in [-0.2, -0.15) is 5.10 Å². The predicted octanol–water partition coefficient (Wildman–Crippen LogP) is 3.28. The van der Waals surface area contributed by atoms with Crippen LogP contribution in [0.15, 0.2) is 22.9 Å². The Kier molecular flexibility index (Phi) is 4.30. The number of nitro groups is 1. The smallest absolute Gasteiger partial charge is 0.305 e. The molecule has 130 valence electrons. The van der Waals surface area contributed by atoms with Crippen LogP contribution in [0.4, 0.5) is 5.69 Å². The summed E-state index contributed by atoms with van der Waals surface area (Å²) in [6, 6.07) is 0. The molecule has 0 spiro atoms. The Morgan fingerprint density at radius 3 is 3.00 bits per heavy atom. The van der Waals surface area contributed by atoms with Crippen LogP contribution in [0.3, 0.4) is 0 Å². The van der Waals surface area contributed by atoms with Gasteiger partial charge >= 0.3 is 5.69 Å². The molecule has 25 heavy (non-hydrogen) atoms. The quantitative estimate of drug-likeness (QED) is 0.385.